The van der Waals surface area contributed by atoms with Gasteiger partial charge in [-0.1, -0.05) is 59.1 Å². The number of hydrogen-bond donors (Lipinski definition) is 0. The van der Waals surface area contributed by atoms with Gasteiger partial charge in [-0.05, 0) is 67.4 Å². The predicted octanol–water partition coefficient (Wildman–Crippen LogP) is 5.99. The number of rotatable bonds is 6. The van der Waals surface area contributed by atoms with Crippen LogP contribution in [0.5, 0.6) is 0 Å². The van der Waals surface area contributed by atoms with Crippen molar-refractivity contribution in [2.45, 2.75) is 37.0 Å². The van der Waals surface area contributed by atoms with Gasteiger partial charge in [0.1, 0.15) is 4.90 Å². The summed E-state index contributed by atoms with van der Waals surface area (Å²) in [6, 6.07) is 20.0. The molecular weight excluding hydrogens is 605 g/mol. The summed E-state index contributed by atoms with van der Waals surface area (Å²) >= 11 is 18.7. The Kier molecular flexibility index (Phi) is 9.31. The van der Waals surface area contributed by atoms with Crippen molar-refractivity contribution in [1.29, 1.82) is 0 Å². The lowest BCUT2D eigenvalue weighted by Crippen LogP contribution is -2.50. The van der Waals surface area contributed by atoms with Crippen LogP contribution in [0.2, 0.25) is 15.1 Å². The molecule has 0 N–H and O–H groups in total. The summed E-state index contributed by atoms with van der Waals surface area (Å²) in [6.45, 7) is 6.36. The van der Waals surface area contributed by atoms with Crippen LogP contribution in [0.4, 0.5) is 0 Å². The van der Waals surface area contributed by atoms with E-state index in [4.69, 9.17) is 39.5 Å². The molecule has 2 atom stereocenters. The van der Waals surface area contributed by atoms with Gasteiger partial charge < -0.3 is 9.64 Å². The van der Waals surface area contributed by atoms with Crippen molar-refractivity contribution in [3.63, 3.8) is 0 Å². The highest BCUT2D eigenvalue weighted by Crippen LogP contribution is 2.32. The smallest absolute Gasteiger partial charge is 0.253 e. The van der Waals surface area contributed by atoms with Crippen molar-refractivity contribution in [2.24, 2.45) is 0 Å². The fourth-order valence-corrected chi connectivity index (χ4v) is 7.91. The van der Waals surface area contributed by atoms with Gasteiger partial charge in [-0.3, -0.25) is 9.69 Å². The lowest BCUT2D eigenvalue weighted by Gasteiger charge is -2.40. The number of carbonyl (C=O) groups is 1. The van der Waals surface area contributed by atoms with Crippen LogP contribution in [0.3, 0.4) is 0 Å². The summed E-state index contributed by atoms with van der Waals surface area (Å²) in [4.78, 5) is 17.6. The molecule has 2 fully saturated rings. The van der Waals surface area contributed by atoms with E-state index in [1.54, 1.807) is 11.0 Å². The van der Waals surface area contributed by atoms with Gasteiger partial charge in [0, 0.05) is 54.9 Å². The van der Waals surface area contributed by atoms with E-state index in [1.165, 1.54) is 16.4 Å². The van der Waals surface area contributed by atoms with Gasteiger partial charge in [-0.2, -0.15) is 4.31 Å². The second-order valence-electron chi connectivity index (χ2n) is 10.6. The lowest BCUT2D eigenvalue weighted by atomic mass is 9.96. The molecule has 0 aliphatic carbocycles. The van der Waals surface area contributed by atoms with Gasteiger partial charge in [0.15, 0.2) is 0 Å². The number of hydrogen-bond acceptors (Lipinski definition) is 5. The quantitative estimate of drug-likeness (QED) is 0.333. The molecule has 5 rings (SSSR count). The monoisotopic (exact) mass is 635 g/mol. The van der Waals surface area contributed by atoms with E-state index in [1.807, 2.05) is 62.4 Å². The number of morpholine rings is 1. The summed E-state index contributed by atoms with van der Waals surface area (Å²) in [5.74, 6) is -0.226. The van der Waals surface area contributed by atoms with Crippen LogP contribution in [-0.2, 0) is 14.8 Å². The first kappa shape index (κ1) is 30.3. The second-order valence-corrected chi connectivity index (χ2v) is 13.7. The number of nitrogens with zero attached hydrogens (tertiary/aromatic N) is 3. The Morgan fingerprint density at radius 2 is 1.32 bits per heavy atom. The Balaban J connectivity index is 1.33. The van der Waals surface area contributed by atoms with E-state index in [0.717, 1.165) is 11.1 Å². The number of sulfonamides is 1. The van der Waals surface area contributed by atoms with Gasteiger partial charge in [0.05, 0.1) is 23.3 Å². The van der Waals surface area contributed by atoms with Crippen molar-refractivity contribution < 1.29 is 17.9 Å². The molecule has 0 spiro atoms. The van der Waals surface area contributed by atoms with Gasteiger partial charge in [-0.15, -0.1) is 0 Å². The van der Waals surface area contributed by atoms with Gasteiger partial charge in [0.2, 0.25) is 10.0 Å². The van der Waals surface area contributed by atoms with Crippen LogP contribution >= 0.6 is 34.8 Å². The maximum Gasteiger partial charge on any atom is 0.253 e. The molecule has 3 aromatic carbocycles. The molecule has 2 aliphatic rings. The van der Waals surface area contributed by atoms with E-state index < -0.39 is 10.0 Å². The van der Waals surface area contributed by atoms with E-state index in [0.29, 0.717) is 41.8 Å². The average Bonchev–Trinajstić information content (AvgIpc) is 2.95. The van der Waals surface area contributed by atoms with E-state index in [-0.39, 0.29) is 47.2 Å². The molecule has 2 unspecified atom stereocenters. The number of benzene rings is 3. The molecule has 2 heterocycles. The molecule has 2 aliphatic heterocycles. The van der Waals surface area contributed by atoms with E-state index >= 15 is 0 Å². The van der Waals surface area contributed by atoms with Crippen LogP contribution in [-0.4, -0.2) is 79.9 Å². The number of ether oxygens (including phenoxy) is 1. The van der Waals surface area contributed by atoms with Crippen molar-refractivity contribution >= 4 is 50.7 Å². The molecule has 3 aromatic rings. The van der Waals surface area contributed by atoms with E-state index in [2.05, 4.69) is 4.90 Å². The second kappa shape index (κ2) is 12.6. The molecule has 2 saturated heterocycles. The molecule has 1 amide bonds. The molecule has 218 valence electrons. The Morgan fingerprint density at radius 3 is 1.83 bits per heavy atom. The Bertz CT molecular complexity index is 1440. The SMILES string of the molecule is CC1CN(S(=O)(=O)c2cc(C(=O)N3CCN(C(c4ccc(Cl)cc4)c4ccc(Cl)cc4)CC3)ccc2Cl)CC(C)O1. The number of piperazine rings is 1. The molecule has 41 heavy (non-hydrogen) atoms. The van der Waals surface area contributed by atoms with Crippen molar-refractivity contribution in [3.8, 4) is 0 Å². The minimum Gasteiger partial charge on any atom is -0.373 e. The zero-order valence-electron chi connectivity index (χ0n) is 22.8. The average molecular weight is 637 g/mol. The van der Waals surface area contributed by atoms with Gasteiger partial charge in [0.25, 0.3) is 5.91 Å². The molecule has 0 bridgehead atoms. The maximum atomic E-state index is 13.6. The minimum absolute atomic E-state index is 0.0348. The summed E-state index contributed by atoms with van der Waals surface area (Å²) < 4.78 is 34.1. The fourth-order valence-electron chi connectivity index (χ4n) is 5.57. The maximum absolute atomic E-state index is 13.6. The molecule has 11 heteroatoms. The first-order valence-electron chi connectivity index (χ1n) is 13.5. The number of carbonyl (C=O) groups excluding carboxylic acids is 1. The third kappa shape index (κ3) is 6.75. The summed E-state index contributed by atoms with van der Waals surface area (Å²) in [5, 5.41) is 1.42. The summed E-state index contributed by atoms with van der Waals surface area (Å²) in [6.07, 6.45) is -0.476. The van der Waals surface area contributed by atoms with Crippen LogP contribution in [0.15, 0.2) is 71.6 Å². The van der Waals surface area contributed by atoms with Crippen LogP contribution < -0.4 is 0 Å². The summed E-state index contributed by atoms with van der Waals surface area (Å²) in [5.41, 5.74) is 2.48. The van der Waals surface area contributed by atoms with Crippen LogP contribution in [0.25, 0.3) is 0 Å². The van der Waals surface area contributed by atoms with Crippen molar-refractivity contribution in [3.05, 3.63) is 98.5 Å². The molecule has 7 nitrogen and oxygen atoms in total. The first-order valence-corrected chi connectivity index (χ1v) is 16.1. The van der Waals surface area contributed by atoms with E-state index in [9.17, 15) is 13.2 Å². The van der Waals surface area contributed by atoms with Crippen LogP contribution in [0.1, 0.15) is 41.4 Å². The van der Waals surface area contributed by atoms with Crippen molar-refractivity contribution in [1.82, 2.24) is 14.1 Å². The first-order chi connectivity index (χ1) is 19.5. The molecule has 0 aromatic heterocycles. The highest BCUT2D eigenvalue weighted by Gasteiger charge is 2.35. The van der Waals surface area contributed by atoms with Crippen LogP contribution in [0, 0.1) is 0 Å². The topological polar surface area (TPSA) is 70.2 Å². The Morgan fingerprint density at radius 1 is 0.805 bits per heavy atom. The largest absolute Gasteiger partial charge is 0.373 e. The third-order valence-corrected chi connectivity index (χ3v) is 10.3. The minimum atomic E-state index is -3.91. The molecule has 0 radical (unpaired) electrons. The lowest BCUT2D eigenvalue weighted by molar-refractivity contribution is -0.0440. The predicted molar refractivity (Wildman–Crippen MR) is 162 cm³/mol. The normalized spacial score (nSPS) is 20.9. The highest BCUT2D eigenvalue weighted by molar-refractivity contribution is 7.89. The molecule has 0 saturated carbocycles. The standard InChI is InChI=1S/C30H32Cl3N3O4S/c1-20-18-36(19-21(2)40-20)41(38,39)28-17-24(7-12-27(28)33)30(37)35-15-13-34(14-16-35)29(22-3-8-25(31)9-4-22)23-5-10-26(32)11-6-23/h3-12,17,20-21,29H,13-16,18-19H2,1-2H3. The number of halogens is 3. The number of amides is 1. The molecular formula is C30H32Cl3N3O4S. The van der Waals surface area contributed by atoms with Gasteiger partial charge >= 0.3 is 0 Å². The highest BCUT2D eigenvalue weighted by atomic mass is 35.5. The van der Waals surface area contributed by atoms with Gasteiger partial charge in [-0.25, -0.2) is 8.42 Å². The Labute approximate surface area is 256 Å². The zero-order valence-corrected chi connectivity index (χ0v) is 25.9. The Hall–Kier alpha value is -2.17. The third-order valence-electron chi connectivity index (χ3n) is 7.52. The zero-order chi connectivity index (χ0) is 29.3. The fraction of sp³-hybridized carbons (Fsp3) is 0.367. The van der Waals surface area contributed by atoms with Crippen molar-refractivity contribution in [2.75, 3.05) is 39.3 Å². The summed E-state index contributed by atoms with van der Waals surface area (Å²) in [7, 11) is -3.91.